The predicted octanol–water partition coefficient (Wildman–Crippen LogP) is 0.618. The molecule has 0 aliphatic carbocycles. The molecule has 2 amide bonds. The molecule has 7 heteroatoms. The Morgan fingerprint density at radius 1 is 1.26 bits per heavy atom. The van der Waals surface area contributed by atoms with Crippen molar-refractivity contribution in [3.05, 3.63) is 29.8 Å². The van der Waals surface area contributed by atoms with Gasteiger partial charge < -0.3 is 20.5 Å². The number of amides is 2. The van der Waals surface area contributed by atoms with Gasteiger partial charge in [-0.2, -0.15) is 0 Å². The minimum atomic E-state index is -1.79. The van der Waals surface area contributed by atoms with Crippen LogP contribution in [0.3, 0.4) is 0 Å². The maximum atomic E-state index is 12.0. The van der Waals surface area contributed by atoms with Crippen molar-refractivity contribution in [2.75, 3.05) is 18.5 Å². The van der Waals surface area contributed by atoms with Gasteiger partial charge in [0.25, 0.3) is 0 Å². The lowest BCUT2D eigenvalue weighted by molar-refractivity contribution is -0.162. The summed E-state index contributed by atoms with van der Waals surface area (Å²) in [5.74, 6) is -1.41. The molecule has 1 aromatic rings. The van der Waals surface area contributed by atoms with Crippen molar-refractivity contribution < 1.29 is 24.2 Å². The van der Waals surface area contributed by atoms with Gasteiger partial charge in [-0.25, -0.2) is 4.79 Å². The summed E-state index contributed by atoms with van der Waals surface area (Å²) in [4.78, 5) is 34.7. The highest BCUT2D eigenvalue weighted by Crippen LogP contribution is 2.15. The lowest BCUT2D eigenvalue weighted by atomic mass is 10.1. The zero-order valence-corrected chi connectivity index (χ0v) is 13.5. The van der Waals surface area contributed by atoms with Crippen LogP contribution in [0.1, 0.15) is 26.3 Å². The molecule has 1 atom stereocenters. The first-order valence-corrected chi connectivity index (χ1v) is 7.28. The highest BCUT2D eigenvalue weighted by atomic mass is 16.5. The Balaban J connectivity index is 2.64. The molecule has 1 rings (SSSR count). The number of para-hydroxylation sites is 1. The van der Waals surface area contributed by atoms with E-state index < -0.39 is 11.6 Å². The van der Waals surface area contributed by atoms with E-state index in [0.29, 0.717) is 11.3 Å². The van der Waals surface area contributed by atoms with Crippen molar-refractivity contribution in [2.24, 2.45) is 0 Å². The summed E-state index contributed by atoms with van der Waals surface area (Å²) in [6, 6.07) is 6.91. The molecule has 0 bridgehead atoms. The second-order valence-electron chi connectivity index (χ2n) is 5.29. The standard InChI is InChI=1S/C16H22N2O5/c1-4-23-15(21)16(3,22)10-17-14(20)9-12-7-5-6-8-13(12)18-11(2)19/h5-8,22H,4,9-10H2,1-3H3,(H,17,20)(H,18,19). The monoisotopic (exact) mass is 322 g/mol. The normalized spacial score (nSPS) is 12.9. The predicted molar refractivity (Wildman–Crippen MR) is 84.7 cm³/mol. The van der Waals surface area contributed by atoms with Crippen LogP contribution in [0.25, 0.3) is 0 Å². The van der Waals surface area contributed by atoms with E-state index in [4.69, 9.17) is 4.74 Å². The number of aliphatic hydroxyl groups is 1. The Morgan fingerprint density at radius 2 is 1.91 bits per heavy atom. The number of nitrogens with one attached hydrogen (secondary N) is 2. The van der Waals surface area contributed by atoms with E-state index >= 15 is 0 Å². The van der Waals surface area contributed by atoms with Crippen LogP contribution in [0.5, 0.6) is 0 Å². The molecule has 0 heterocycles. The fraction of sp³-hybridized carbons (Fsp3) is 0.438. The van der Waals surface area contributed by atoms with E-state index in [1.54, 1.807) is 31.2 Å². The number of ether oxygens (including phenoxy) is 1. The van der Waals surface area contributed by atoms with Gasteiger partial charge in [-0.15, -0.1) is 0 Å². The minimum Gasteiger partial charge on any atom is -0.464 e. The first-order chi connectivity index (χ1) is 10.8. The zero-order valence-electron chi connectivity index (χ0n) is 13.5. The van der Waals surface area contributed by atoms with Crippen molar-refractivity contribution in [1.82, 2.24) is 5.32 Å². The van der Waals surface area contributed by atoms with Gasteiger partial charge in [0.1, 0.15) is 0 Å². The van der Waals surface area contributed by atoms with Crippen LogP contribution in [-0.2, 0) is 25.5 Å². The highest BCUT2D eigenvalue weighted by Gasteiger charge is 2.32. The van der Waals surface area contributed by atoms with Gasteiger partial charge in [-0.3, -0.25) is 9.59 Å². The average molecular weight is 322 g/mol. The maximum absolute atomic E-state index is 12.0. The van der Waals surface area contributed by atoms with Crippen LogP contribution >= 0.6 is 0 Å². The van der Waals surface area contributed by atoms with Crippen LogP contribution in [0.2, 0.25) is 0 Å². The Hall–Kier alpha value is -2.41. The molecule has 0 saturated heterocycles. The lowest BCUT2D eigenvalue weighted by Crippen LogP contribution is -2.47. The molecule has 0 saturated carbocycles. The number of esters is 1. The van der Waals surface area contributed by atoms with Crippen molar-refractivity contribution in [3.63, 3.8) is 0 Å². The molecule has 0 radical (unpaired) electrons. The smallest absolute Gasteiger partial charge is 0.339 e. The van der Waals surface area contributed by atoms with Gasteiger partial charge in [0, 0.05) is 12.6 Å². The number of benzene rings is 1. The minimum absolute atomic E-state index is 0.00928. The maximum Gasteiger partial charge on any atom is 0.339 e. The fourth-order valence-corrected chi connectivity index (χ4v) is 1.85. The molecule has 0 aliphatic heterocycles. The molecule has 7 nitrogen and oxygen atoms in total. The second-order valence-corrected chi connectivity index (χ2v) is 5.29. The topological polar surface area (TPSA) is 105 Å². The van der Waals surface area contributed by atoms with Crippen LogP contribution in [0.4, 0.5) is 5.69 Å². The Bertz CT molecular complexity index is 584. The van der Waals surface area contributed by atoms with Crippen LogP contribution in [-0.4, -0.2) is 41.6 Å². The van der Waals surface area contributed by atoms with Gasteiger partial charge in [0.15, 0.2) is 5.60 Å². The number of carbonyl (C=O) groups excluding carboxylic acids is 3. The van der Waals surface area contributed by atoms with Gasteiger partial charge in [-0.1, -0.05) is 18.2 Å². The lowest BCUT2D eigenvalue weighted by Gasteiger charge is -2.21. The van der Waals surface area contributed by atoms with Gasteiger partial charge in [-0.05, 0) is 25.5 Å². The highest BCUT2D eigenvalue weighted by molar-refractivity contribution is 5.91. The average Bonchev–Trinajstić information content (AvgIpc) is 2.47. The molecule has 0 spiro atoms. The van der Waals surface area contributed by atoms with Crippen molar-refractivity contribution in [2.45, 2.75) is 32.8 Å². The number of hydrogen-bond donors (Lipinski definition) is 3. The van der Waals surface area contributed by atoms with E-state index in [1.807, 2.05) is 0 Å². The largest absolute Gasteiger partial charge is 0.464 e. The Kier molecular flexibility index (Phi) is 6.71. The number of carbonyl (C=O) groups is 3. The van der Waals surface area contributed by atoms with Crippen molar-refractivity contribution >= 4 is 23.5 Å². The van der Waals surface area contributed by atoms with Crippen molar-refractivity contribution in [3.8, 4) is 0 Å². The molecule has 3 N–H and O–H groups in total. The molecule has 0 aliphatic rings. The second kappa shape index (κ2) is 8.28. The van der Waals surface area contributed by atoms with Gasteiger partial charge >= 0.3 is 5.97 Å². The third kappa shape index (κ3) is 6.07. The first-order valence-electron chi connectivity index (χ1n) is 7.28. The van der Waals surface area contributed by atoms with Crippen LogP contribution in [0.15, 0.2) is 24.3 Å². The van der Waals surface area contributed by atoms with E-state index in [1.165, 1.54) is 13.8 Å². The summed E-state index contributed by atoms with van der Waals surface area (Å²) < 4.78 is 4.73. The van der Waals surface area contributed by atoms with Crippen LogP contribution < -0.4 is 10.6 Å². The molecule has 0 fully saturated rings. The quantitative estimate of drug-likeness (QED) is 0.638. The van der Waals surface area contributed by atoms with Crippen molar-refractivity contribution in [1.29, 1.82) is 0 Å². The summed E-state index contributed by atoms with van der Waals surface area (Å²) >= 11 is 0. The third-order valence-electron chi connectivity index (χ3n) is 3.02. The molecule has 0 aromatic heterocycles. The van der Waals surface area contributed by atoms with Gasteiger partial charge in [0.2, 0.25) is 11.8 Å². The van der Waals surface area contributed by atoms with E-state index in [0.717, 1.165) is 0 Å². The summed E-state index contributed by atoms with van der Waals surface area (Å²) in [5, 5.41) is 15.1. The number of hydrogen-bond acceptors (Lipinski definition) is 5. The molecule has 1 unspecified atom stereocenters. The third-order valence-corrected chi connectivity index (χ3v) is 3.02. The van der Waals surface area contributed by atoms with Gasteiger partial charge in [0.05, 0.1) is 19.6 Å². The molecular formula is C16H22N2O5. The van der Waals surface area contributed by atoms with Crippen LogP contribution in [0, 0.1) is 0 Å². The first kappa shape index (κ1) is 18.6. The summed E-state index contributed by atoms with van der Waals surface area (Å²) in [5.41, 5.74) is -0.605. The Morgan fingerprint density at radius 3 is 2.52 bits per heavy atom. The number of anilines is 1. The van der Waals surface area contributed by atoms with E-state index in [2.05, 4.69) is 10.6 Å². The molecule has 126 valence electrons. The summed E-state index contributed by atoms with van der Waals surface area (Å²) in [7, 11) is 0. The van der Waals surface area contributed by atoms with E-state index in [-0.39, 0.29) is 31.4 Å². The Labute approximate surface area is 135 Å². The summed E-state index contributed by atoms with van der Waals surface area (Å²) in [6.07, 6.45) is 0.00928. The SMILES string of the molecule is CCOC(=O)C(C)(O)CNC(=O)Cc1ccccc1NC(C)=O. The number of rotatable bonds is 7. The summed E-state index contributed by atoms with van der Waals surface area (Å²) in [6.45, 7) is 4.18. The molecule has 23 heavy (non-hydrogen) atoms. The van der Waals surface area contributed by atoms with E-state index in [9.17, 15) is 19.5 Å². The zero-order chi connectivity index (χ0) is 17.5. The fourth-order valence-electron chi connectivity index (χ4n) is 1.85. The molecule has 1 aromatic carbocycles. The molecular weight excluding hydrogens is 300 g/mol.